The predicted molar refractivity (Wildman–Crippen MR) is 100.0 cm³/mol. The highest BCUT2D eigenvalue weighted by molar-refractivity contribution is 5.95. The normalized spacial score (nSPS) is 12.2. The second-order valence-electron chi connectivity index (χ2n) is 6.82. The summed E-state index contributed by atoms with van der Waals surface area (Å²) in [6.45, 7) is 6.26. The lowest BCUT2D eigenvalue weighted by Gasteiger charge is -2.21. The molecule has 2 aromatic carbocycles. The van der Waals surface area contributed by atoms with Crippen molar-refractivity contribution in [3.63, 3.8) is 0 Å². The molecule has 1 N–H and O–H groups in total. The molecule has 0 bridgehead atoms. The number of amides is 1. The standard InChI is InChI=1S/C20H23N5O/c1-14(2)11-18(16-7-5-4-6-8-16)22-20(26)17-9-10-19(15(3)12-17)25-13-21-23-24-25/h4-10,12-14,18H,11H2,1-3H3,(H,22,26). The number of tetrazole rings is 1. The van der Waals surface area contributed by atoms with Gasteiger partial charge in [0.1, 0.15) is 6.33 Å². The number of nitrogens with zero attached hydrogens (tertiary/aromatic N) is 4. The van der Waals surface area contributed by atoms with Crippen LogP contribution in [0.1, 0.15) is 47.8 Å². The average molecular weight is 349 g/mol. The van der Waals surface area contributed by atoms with Crippen LogP contribution in [0.2, 0.25) is 0 Å². The van der Waals surface area contributed by atoms with Crippen molar-refractivity contribution < 1.29 is 4.79 Å². The molecule has 1 unspecified atom stereocenters. The lowest BCUT2D eigenvalue weighted by Crippen LogP contribution is -2.29. The topological polar surface area (TPSA) is 72.7 Å². The van der Waals surface area contributed by atoms with E-state index < -0.39 is 0 Å². The molecule has 0 saturated heterocycles. The zero-order valence-corrected chi connectivity index (χ0v) is 15.3. The van der Waals surface area contributed by atoms with Gasteiger partial charge in [0.15, 0.2) is 0 Å². The van der Waals surface area contributed by atoms with Gasteiger partial charge in [0.2, 0.25) is 0 Å². The van der Waals surface area contributed by atoms with Gasteiger partial charge in [0.25, 0.3) is 5.91 Å². The molecule has 134 valence electrons. The minimum atomic E-state index is -0.0779. The SMILES string of the molecule is Cc1cc(C(=O)NC(CC(C)C)c2ccccc2)ccc1-n1cnnn1. The van der Waals surface area contributed by atoms with E-state index >= 15 is 0 Å². The molecule has 6 heteroatoms. The molecule has 1 heterocycles. The van der Waals surface area contributed by atoms with Crippen molar-refractivity contribution in [2.45, 2.75) is 33.2 Å². The molecule has 0 spiro atoms. The summed E-state index contributed by atoms with van der Waals surface area (Å²) in [5, 5.41) is 14.4. The Bertz CT molecular complexity index is 859. The summed E-state index contributed by atoms with van der Waals surface area (Å²) < 4.78 is 1.59. The molecular weight excluding hydrogens is 326 g/mol. The molecule has 1 aromatic heterocycles. The lowest BCUT2D eigenvalue weighted by molar-refractivity contribution is 0.0932. The molecule has 0 aliphatic carbocycles. The molecule has 0 fully saturated rings. The van der Waals surface area contributed by atoms with E-state index in [1.54, 1.807) is 10.7 Å². The molecule has 6 nitrogen and oxygen atoms in total. The van der Waals surface area contributed by atoms with Crippen LogP contribution < -0.4 is 5.32 Å². The minimum absolute atomic E-state index is 0.0109. The Morgan fingerprint density at radius 2 is 1.92 bits per heavy atom. The quantitative estimate of drug-likeness (QED) is 0.739. The third-order valence-corrected chi connectivity index (χ3v) is 4.27. The van der Waals surface area contributed by atoms with Crippen molar-refractivity contribution in [1.29, 1.82) is 0 Å². The van der Waals surface area contributed by atoms with E-state index in [9.17, 15) is 4.79 Å². The Kier molecular flexibility index (Phi) is 5.41. The van der Waals surface area contributed by atoms with E-state index in [1.165, 1.54) is 6.33 Å². The Hall–Kier alpha value is -3.02. The molecule has 1 atom stereocenters. The molecule has 0 aliphatic rings. The fraction of sp³-hybridized carbons (Fsp3) is 0.300. The van der Waals surface area contributed by atoms with Crippen LogP contribution in [-0.4, -0.2) is 26.1 Å². The molecule has 0 radical (unpaired) electrons. The van der Waals surface area contributed by atoms with Gasteiger partial charge in [0, 0.05) is 5.56 Å². The van der Waals surface area contributed by atoms with Crippen LogP contribution >= 0.6 is 0 Å². The first-order chi connectivity index (χ1) is 12.5. The summed E-state index contributed by atoms with van der Waals surface area (Å²) in [6, 6.07) is 15.6. The number of carbonyl (C=O) groups is 1. The molecular formula is C20H23N5O. The van der Waals surface area contributed by atoms with Crippen molar-refractivity contribution in [3.8, 4) is 5.69 Å². The van der Waals surface area contributed by atoms with Gasteiger partial charge < -0.3 is 5.32 Å². The van der Waals surface area contributed by atoms with Crippen molar-refractivity contribution >= 4 is 5.91 Å². The second kappa shape index (κ2) is 7.91. The van der Waals surface area contributed by atoms with Crippen LogP contribution in [0.15, 0.2) is 54.9 Å². The van der Waals surface area contributed by atoms with Gasteiger partial charge in [-0.2, -0.15) is 0 Å². The summed E-state index contributed by atoms with van der Waals surface area (Å²) >= 11 is 0. The fourth-order valence-electron chi connectivity index (χ4n) is 3.00. The van der Waals surface area contributed by atoms with Crippen LogP contribution in [0.4, 0.5) is 0 Å². The van der Waals surface area contributed by atoms with Crippen LogP contribution in [0.3, 0.4) is 0 Å². The van der Waals surface area contributed by atoms with E-state index in [-0.39, 0.29) is 11.9 Å². The number of carbonyl (C=O) groups excluding carboxylic acids is 1. The van der Waals surface area contributed by atoms with E-state index in [4.69, 9.17) is 0 Å². The number of nitrogens with one attached hydrogen (secondary N) is 1. The van der Waals surface area contributed by atoms with Gasteiger partial charge >= 0.3 is 0 Å². The first-order valence-electron chi connectivity index (χ1n) is 8.74. The highest BCUT2D eigenvalue weighted by Crippen LogP contribution is 2.22. The number of aryl methyl sites for hydroxylation is 1. The summed E-state index contributed by atoms with van der Waals surface area (Å²) in [5.74, 6) is 0.398. The first-order valence-corrected chi connectivity index (χ1v) is 8.74. The van der Waals surface area contributed by atoms with Gasteiger partial charge in [-0.15, -0.1) is 5.10 Å². The summed E-state index contributed by atoms with van der Waals surface area (Å²) in [4.78, 5) is 12.8. The van der Waals surface area contributed by atoms with E-state index in [0.29, 0.717) is 11.5 Å². The smallest absolute Gasteiger partial charge is 0.251 e. The second-order valence-corrected chi connectivity index (χ2v) is 6.82. The number of benzene rings is 2. The molecule has 3 rings (SSSR count). The maximum absolute atomic E-state index is 12.8. The van der Waals surface area contributed by atoms with Crippen LogP contribution in [0.25, 0.3) is 5.69 Å². The molecule has 26 heavy (non-hydrogen) atoms. The summed E-state index contributed by atoms with van der Waals surface area (Å²) in [5.41, 5.74) is 3.54. The lowest BCUT2D eigenvalue weighted by atomic mass is 9.96. The van der Waals surface area contributed by atoms with Crippen LogP contribution in [0, 0.1) is 12.8 Å². The predicted octanol–water partition coefficient (Wildman–Crippen LogP) is 3.49. The first kappa shape index (κ1) is 17.8. The zero-order valence-electron chi connectivity index (χ0n) is 15.3. The molecule has 0 aliphatic heterocycles. The third-order valence-electron chi connectivity index (χ3n) is 4.27. The highest BCUT2D eigenvalue weighted by Gasteiger charge is 2.17. The summed E-state index contributed by atoms with van der Waals surface area (Å²) in [7, 11) is 0. The number of rotatable bonds is 6. The third kappa shape index (κ3) is 4.14. The van der Waals surface area contributed by atoms with Crippen molar-refractivity contribution in [1.82, 2.24) is 25.5 Å². The zero-order chi connectivity index (χ0) is 18.5. The van der Waals surface area contributed by atoms with Crippen LogP contribution in [-0.2, 0) is 0 Å². The Balaban J connectivity index is 1.80. The molecule has 1 amide bonds. The van der Waals surface area contributed by atoms with Crippen molar-refractivity contribution in [2.75, 3.05) is 0 Å². The maximum atomic E-state index is 12.8. The number of hydrogen-bond acceptors (Lipinski definition) is 4. The average Bonchev–Trinajstić information content (AvgIpc) is 3.15. The van der Waals surface area contributed by atoms with E-state index in [0.717, 1.165) is 23.2 Å². The van der Waals surface area contributed by atoms with Gasteiger partial charge in [-0.25, -0.2) is 4.68 Å². The van der Waals surface area contributed by atoms with E-state index in [1.807, 2.05) is 37.3 Å². The van der Waals surface area contributed by atoms with Gasteiger partial charge in [0.05, 0.1) is 11.7 Å². The Morgan fingerprint density at radius 3 is 2.54 bits per heavy atom. The van der Waals surface area contributed by atoms with Crippen molar-refractivity contribution in [3.05, 3.63) is 71.5 Å². The largest absolute Gasteiger partial charge is 0.345 e. The van der Waals surface area contributed by atoms with Crippen LogP contribution in [0.5, 0.6) is 0 Å². The Labute approximate surface area is 153 Å². The minimum Gasteiger partial charge on any atom is -0.345 e. The van der Waals surface area contributed by atoms with Crippen molar-refractivity contribution in [2.24, 2.45) is 5.92 Å². The van der Waals surface area contributed by atoms with Gasteiger partial charge in [-0.1, -0.05) is 44.2 Å². The molecule has 3 aromatic rings. The molecule has 0 saturated carbocycles. The summed E-state index contributed by atoms with van der Waals surface area (Å²) in [6.07, 6.45) is 2.42. The number of aromatic nitrogens is 4. The monoisotopic (exact) mass is 349 g/mol. The number of hydrogen-bond donors (Lipinski definition) is 1. The van der Waals surface area contributed by atoms with E-state index in [2.05, 4.69) is 46.8 Å². The highest BCUT2D eigenvalue weighted by atomic mass is 16.1. The fourth-order valence-corrected chi connectivity index (χ4v) is 3.00. The van der Waals surface area contributed by atoms with Gasteiger partial charge in [-0.05, 0) is 59.0 Å². The van der Waals surface area contributed by atoms with Gasteiger partial charge in [-0.3, -0.25) is 4.79 Å². The maximum Gasteiger partial charge on any atom is 0.251 e. The Morgan fingerprint density at radius 1 is 1.15 bits per heavy atom.